The minimum Gasteiger partial charge on any atom is -0.496 e. The fourth-order valence-electron chi connectivity index (χ4n) is 3.11. The van der Waals surface area contributed by atoms with Gasteiger partial charge in [-0.3, -0.25) is 4.79 Å². The molecule has 26 heavy (non-hydrogen) atoms. The molecule has 0 unspecified atom stereocenters. The molecule has 1 aliphatic rings. The minimum absolute atomic E-state index is 0.0612. The largest absolute Gasteiger partial charge is 0.496 e. The van der Waals surface area contributed by atoms with E-state index in [9.17, 15) is 4.79 Å². The maximum absolute atomic E-state index is 12.2. The fourth-order valence-corrected chi connectivity index (χ4v) is 4.09. The molecule has 1 aliphatic heterocycles. The average molecular weight is 368 g/mol. The van der Waals surface area contributed by atoms with E-state index >= 15 is 0 Å². The summed E-state index contributed by atoms with van der Waals surface area (Å²) < 4.78 is 12.0. The summed E-state index contributed by atoms with van der Waals surface area (Å²) in [5, 5.41) is 0.990. The first-order chi connectivity index (χ1) is 12.6. The number of methoxy groups -OCH3 is 1. The van der Waals surface area contributed by atoms with Crippen LogP contribution in [-0.2, 0) is 16.0 Å². The highest BCUT2D eigenvalue weighted by Crippen LogP contribution is 2.31. The zero-order chi connectivity index (χ0) is 18.1. The Bertz CT molecular complexity index is 914. The van der Waals surface area contributed by atoms with Gasteiger partial charge in [-0.1, -0.05) is 35.6 Å². The molecule has 0 saturated carbocycles. The number of aromatic nitrogens is 1. The Labute approximate surface area is 156 Å². The van der Waals surface area contributed by atoms with Crippen LogP contribution in [0.5, 0.6) is 5.75 Å². The molecule has 0 N–H and O–H groups in total. The minimum atomic E-state index is -0.191. The molecule has 2 heterocycles. The molecule has 0 bridgehead atoms. The van der Waals surface area contributed by atoms with Crippen LogP contribution in [0.15, 0.2) is 42.5 Å². The molecule has 6 heteroatoms. The number of carbonyl (C=O) groups excluding carboxylic acids is 1. The van der Waals surface area contributed by atoms with Gasteiger partial charge in [-0.2, -0.15) is 0 Å². The summed E-state index contributed by atoms with van der Waals surface area (Å²) in [5.41, 5.74) is 2.97. The number of para-hydroxylation sites is 1. The number of ether oxygens (including phenoxy) is 2. The molecule has 0 radical (unpaired) electrons. The standard InChI is InChI=1S/C20H20N2O3S/c1-13-9-14(7-8-17(13)24-2)10-19(23)25-15-11-22(12-15)20-21-16-5-3-4-6-18(16)26-20/h3-9,15H,10-12H2,1-2H3. The van der Waals surface area contributed by atoms with E-state index < -0.39 is 0 Å². The number of benzene rings is 2. The molecule has 5 nitrogen and oxygen atoms in total. The van der Waals surface area contributed by atoms with Gasteiger partial charge in [-0.15, -0.1) is 0 Å². The van der Waals surface area contributed by atoms with Crippen molar-refractivity contribution in [2.75, 3.05) is 25.1 Å². The van der Waals surface area contributed by atoms with Crippen molar-refractivity contribution in [3.05, 3.63) is 53.6 Å². The Morgan fingerprint density at radius 1 is 1.27 bits per heavy atom. The van der Waals surface area contributed by atoms with Gasteiger partial charge in [0.15, 0.2) is 5.13 Å². The number of thiazole rings is 1. The third-order valence-electron chi connectivity index (χ3n) is 4.51. The summed E-state index contributed by atoms with van der Waals surface area (Å²) >= 11 is 1.67. The van der Waals surface area contributed by atoms with Crippen molar-refractivity contribution in [2.24, 2.45) is 0 Å². The molecule has 0 atom stereocenters. The van der Waals surface area contributed by atoms with Crippen LogP contribution in [0.4, 0.5) is 5.13 Å². The van der Waals surface area contributed by atoms with Gasteiger partial charge >= 0.3 is 5.97 Å². The Morgan fingerprint density at radius 3 is 2.81 bits per heavy atom. The van der Waals surface area contributed by atoms with E-state index in [1.165, 1.54) is 4.70 Å². The lowest BCUT2D eigenvalue weighted by Crippen LogP contribution is -2.53. The van der Waals surface area contributed by atoms with Crippen molar-refractivity contribution in [1.29, 1.82) is 0 Å². The van der Waals surface area contributed by atoms with E-state index in [1.54, 1.807) is 18.4 Å². The SMILES string of the molecule is COc1ccc(CC(=O)OC2CN(c3nc4ccccc4s3)C2)cc1C. The highest BCUT2D eigenvalue weighted by molar-refractivity contribution is 7.22. The van der Waals surface area contributed by atoms with Crippen LogP contribution in [0.25, 0.3) is 10.2 Å². The maximum Gasteiger partial charge on any atom is 0.310 e. The Hall–Kier alpha value is -2.60. The van der Waals surface area contributed by atoms with Gasteiger partial charge in [-0.25, -0.2) is 4.98 Å². The number of carbonyl (C=O) groups is 1. The van der Waals surface area contributed by atoms with E-state index in [0.717, 1.165) is 27.5 Å². The van der Waals surface area contributed by atoms with Crippen molar-refractivity contribution in [3.63, 3.8) is 0 Å². The van der Waals surface area contributed by atoms with Crippen molar-refractivity contribution in [2.45, 2.75) is 19.4 Å². The predicted molar refractivity (Wildman–Crippen MR) is 103 cm³/mol. The number of hydrogen-bond donors (Lipinski definition) is 0. The summed E-state index contributed by atoms with van der Waals surface area (Å²) in [6, 6.07) is 13.9. The molecule has 1 aromatic heterocycles. The van der Waals surface area contributed by atoms with Gasteiger partial charge in [0.05, 0.1) is 36.8 Å². The normalized spacial score (nSPS) is 14.3. The van der Waals surface area contributed by atoms with Crippen LogP contribution in [0.2, 0.25) is 0 Å². The molecular formula is C20H20N2O3S. The maximum atomic E-state index is 12.2. The second kappa shape index (κ2) is 6.96. The smallest absolute Gasteiger partial charge is 0.310 e. The zero-order valence-electron chi connectivity index (χ0n) is 14.8. The second-order valence-electron chi connectivity index (χ2n) is 6.46. The lowest BCUT2D eigenvalue weighted by atomic mass is 10.1. The van der Waals surface area contributed by atoms with Gasteiger partial charge in [0.1, 0.15) is 11.9 Å². The van der Waals surface area contributed by atoms with E-state index in [2.05, 4.69) is 16.0 Å². The summed E-state index contributed by atoms with van der Waals surface area (Å²) in [5.74, 6) is 0.635. The molecule has 0 aliphatic carbocycles. The van der Waals surface area contributed by atoms with Crippen LogP contribution in [-0.4, -0.2) is 37.3 Å². The molecular weight excluding hydrogens is 348 g/mol. The Morgan fingerprint density at radius 2 is 2.08 bits per heavy atom. The number of fused-ring (bicyclic) bond motifs is 1. The van der Waals surface area contributed by atoms with Crippen LogP contribution in [0.3, 0.4) is 0 Å². The van der Waals surface area contributed by atoms with Crippen molar-refractivity contribution in [3.8, 4) is 5.75 Å². The predicted octanol–water partition coefficient (Wildman–Crippen LogP) is 3.59. The molecule has 1 saturated heterocycles. The van der Waals surface area contributed by atoms with Gasteiger partial charge in [0.2, 0.25) is 0 Å². The fraction of sp³-hybridized carbons (Fsp3) is 0.300. The topological polar surface area (TPSA) is 51.7 Å². The molecule has 0 amide bonds. The van der Waals surface area contributed by atoms with Crippen molar-refractivity contribution < 1.29 is 14.3 Å². The van der Waals surface area contributed by atoms with E-state index in [-0.39, 0.29) is 18.5 Å². The lowest BCUT2D eigenvalue weighted by molar-refractivity contribution is -0.149. The summed E-state index contributed by atoms with van der Waals surface area (Å²) in [4.78, 5) is 19.0. The molecule has 134 valence electrons. The lowest BCUT2D eigenvalue weighted by Gasteiger charge is -2.38. The summed E-state index contributed by atoms with van der Waals surface area (Å²) in [6.07, 6.45) is 0.219. The molecule has 4 rings (SSSR count). The third kappa shape index (κ3) is 3.37. The van der Waals surface area contributed by atoms with Crippen LogP contribution in [0, 0.1) is 6.92 Å². The highest BCUT2D eigenvalue weighted by atomic mass is 32.1. The monoisotopic (exact) mass is 368 g/mol. The average Bonchev–Trinajstić information content (AvgIpc) is 3.01. The molecule has 2 aromatic carbocycles. The second-order valence-corrected chi connectivity index (χ2v) is 7.47. The van der Waals surface area contributed by atoms with E-state index in [1.807, 2.05) is 43.3 Å². The number of aryl methyl sites for hydroxylation is 1. The number of esters is 1. The first-order valence-corrected chi connectivity index (χ1v) is 9.37. The first kappa shape index (κ1) is 16.8. The Kier molecular flexibility index (Phi) is 4.51. The number of hydrogen-bond acceptors (Lipinski definition) is 6. The molecule has 0 spiro atoms. The zero-order valence-corrected chi connectivity index (χ0v) is 15.6. The van der Waals surface area contributed by atoms with Crippen molar-refractivity contribution in [1.82, 2.24) is 4.98 Å². The van der Waals surface area contributed by atoms with E-state index in [0.29, 0.717) is 13.1 Å². The third-order valence-corrected chi connectivity index (χ3v) is 5.60. The number of nitrogens with zero attached hydrogens (tertiary/aromatic N) is 2. The molecule has 3 aromatic rings. The van der Waals surface area contributed by atoms with Crippen molar-refractivity contribution >= 4 is 32.7 Å². The van der Waals surface area contributed by atoms with Crippen LogP contribution < -0.4 is 9.64 Å². The summed E-state index contributed by atoms with van der Waals surface area (Å²) in [7, 11) is 1.64. The number of anilines is 1. The first-order valence-electron chi connectivity index (χ1n) is 8.56. The van der Waals surface area contributed by atoms with Gasteiger partial charge in [0, 0.05) is 0 Å². The molecule has 1 fully saturated rings. The van der Waals surface area contributed by atoms with Gasteiger partial charge < -0.3 is 14.4 Å². The van der Waals surface area contributed by atoms with Crippen LogP contribution >= 0.6 is 11.3 Å². The highest BCUT2D eigenvalue weighted by Gasteiger charge is 2.32. The van der Waals surface area contributed by atoms with E-state index in [4.69, 9.17) is 9.47 Å². The Balaban J connectivity index is 1.30. The van der Waals surface area contributed by atoms with Crippen LogP contribution in [0.1, 0.15) is 11.1 Å². The summed E-state index contributed by atoms with van der Waals surface area (Å²) in [6.45, 7) is 3.37. The van der Waals surface area contributed by atoms with Gasteiger partial charge in [0.25, 0.3) is 0 Å². The van der Waals surface area contributed by atoms with Gasteiger partial charge in [-0.05, 0) is 36.2 Å². The number of rotatable bonds is 5. The quantitative estimate of drug-likeness (QED) is 0.644.